The molecule has 0 spiro atoms. The van der Waals surface area contributed by atoms with Gasteiger partial charge in [0.1, 0.15) is 5.70 Å². The fourth-order valence-electron chi connectivity index (χ4n) is 6.16. The van der Waals surface area contributed by atoms with E-state index in [1.54, 1.807) is 11.8 Å². The van der Waals surface area contributed by atoms with Crippen LogP contribution in [0.25, 0.3) is 0 Å². The van der Waals surface area contributed by atoms with Crippen LogP contribution >= 0.6 is 11.8 Å². The van der Waals surface area contributed by atoms with Gasteiger partial charge in [0.05, 0.1) is 51.2 Å². The van der Waals surface area contributed by atoms with E-state index in [2.05, 4.69) is 10.6 Å². The summed E-state index contributed by atoms with van der Waals surface area (Å²) in [7, 11) is 1.94. The Morgan fingerprint density at radius 1 is 1.25 bits per heavy atom. The van der Waals surface area contributed by atoms with Gasteiger partial charge in [0, 0.05) is 28.7 Å². The summed E-state index contributed by atoms with van der Waals surface area (Å²) in [6.45, 7) is 6.19. The van der Waals surface area contributed by atoms with Gasteiger partial charge in [-0.05, 0) is 13.3 Å². The highest BCUT2D eigenvalue weighted by Crippen LogP contribution is 2.51. The van der Waals surface area contributed by atoms with Crippen molar-refractivity contribution in [2.45, 2.75) is 50.1 Å². The van der Waals surface area contributed by atoms with Gasteiger partial charge < -0.3 is 59.7 Å². The summed E-state index contributed by atoms with van der Waals surface area (Å²) in [4.78, 5) is 64.5. The zero-order valence-electron chi connectivity index (χ0n) is 22.4. The number of carbonyl (C=O) groups is 5. The number of halogens is 3. The number of carboxylic acid groups (broad SMARTS) is 1. The van der Waals surface area contributed by atoms with E-state index >= 15 is 0 Å². The fourth-order valence-corrected chi connectivity index (χ4v) is 7.64. The molecule has 0 aromatic carbocycles. The van der Waals surface area contributed by atoms with E-state index in [4.69, 9.17) is 5.73 Å². The van der Waals surface area contributed by atoms with Crippen LogP contribution in [0.15, 0.2) is 10.6 Å². The molecule has 12 nitrogen and oxygen atoms in total. The summed E-state index contributed by atoms with van der Waals surface area (Å²) in [6, 6.07) is -1.88. The van der Waals surface area contributed by atoms with Crippen LogP contribution in [0.2, 0.25) is 0 Å². The molecule has 4 aliphatic rings. The Kier molecular flexibility index (Phi) is 10.1. The second-order valence-electron chi connectivity index (χ2n) is 11.1. The second-order valence-corrected chi connectivity index (χ2v) is 12.4. The van der Waals surface area contributed by atoms with E-state index in [-0.39, 0.29) is 59.2 Å². The average molecular weight is 701 g/mol. The number of likely N-dealkylation sites (N-methyl/N-ethyl adjacent to an activating group) is 1. The Labute approximate surface area is 252 Å². The predicted molar refractivity (Wildman–Crippen MR) is 136 cm³/mol. The minimum Gasteiger partial charge on any atom is -1.00 e. The zero-order valence-corrected chi connectivity index (χ0v) is 25.4. The van der Waals surface area contributed by atoms with E-state index in [1.165, 1.54) is 23.6 Å². The molecule has 4 aliphatic heterocycles. The van der Waals surface area contributed by atoms with Crippen molar-refractivity contribution in [1.29, 1.82) is 0 Å². The first-order valence-corrected chi connectivity index (χ1v) is 13.8. The Morgan fingerprint density at radius 3 is 2.42 bits per heavy atom. The van der Waals surface area contributed by atoms with Crippen LogP contribution < -0.4 is 40.3 Å². The molecule has 4 rings (SSSR count). The van der Waals surface area contributed by atoms with Crippen molar-refractivity contribution in [1.82, 2.24) is 20.4 Å². The van der Waals surface area contributed by atoms with Gasteiger partial charge in [-0.3, -0.25) is 19.2 Å². The number of carbonyl (C=O) groups excluding carboxylic acids is 4. The highest BCUT2D eigenvalue weighted by Gasteiger charge is 2.60. The van der Waals surface area contributed by atoms with Crippen LogP contribution in [0.1, 0.15) is 20.3 Å². The average Bonchev–Trinajstić information content (AvgIpc) is 3.40. The van der Waals surface area contributed by atoms with Gasteiger partial charge in [-0.1, -0.05) is 6.92 Å². The number of β-lactam (4-membered cyclic amide) rings is 1. The number of fused-ring (bicyclic) bond motifs is 1. The van der Waals surface area contributed by atoms with Crippen LogP contribution in [-0.4, -0.2) is 125 Å². The first-order valence-electron chi connectivity index (χ1n) is 12.9. The van der Waals surface area contributed by atoms with Crippen molar-refractivity contribution in [3.05, 3.63) is 10.6 Å². The summed E-state index contributed by atoms with van der Waals surface area (Å²) in [6.07, 6.45) is -2.74. The highest BCUT2D eigenvalue weighted by atomic mass is 127. The molecule has 224 valence electrons. The number of piperazine rings is 1. The van der Waals surface area contributed by atoms with Crippen molar-refractivity contribution in [3.63, 3.8) is 0 Å². The molecule has 0 bridgehead atoms. The molecule has 3 fully saturated rings. The number of primary amides is 1. The summed E-state index contributed by atoms with van der Waals surface area (Å²) >= 11 is 1.33. The largest absolute Gasteiger partial charge is 1.00 e. The molecular formula is C24H35F2IN6O6S. The van der Waals surface area contributed by atoms with E-state index in [0.717, 1.165) is 0 Å². The lowest BCUT2D eigenvalue weighted by Gasteiger charge is -2.47. The topological polar surface area (TPSA) is 162 Å². The minimum atomic E-state index is -3.22. The molecule has 6 atom stereocenters. The maximum atomic E-state index is 13.2. The smallest absolute Gasteiger partial charge is 0.353 e. The second kappa shape index (κ2) is 12.4. The number of nitrogens with two attached hydrogens (primary N) is 1. The molecule has 0 radical (unpaired) electrons. The van der Waals surface area contributed by atoms with Crippen molar-refractivity contribution in [2.75, 3.05) is 46.3 Å². The number of hydrogen-bond acceptors (Lipinski definition) is 7. The number of alkyl halides is 2. The molecule has 5 N–H and O–H groups in total. The van der Waals surface area contributed by atoms with E-state index in [0.29, 0.717) is 48.5 Å². The van der Waals surface area contributed by atoms with Crippen molar-refractivity contribution in [2.24, 2.45) is 17.6 Å². The quantitative estimate of drug-likeness (QED) is 0.107. The maximum absolute atomic E-state index is 13.2. The Morgan fingerprint density at radius 2 is 1.88 bits per heavy atom. The van der Waals surface area contributed by atoms with Gasteiger partial charge in [0.2, 0.25) is 11.8 Å². The molecule has 0 unspecified atom stereocenters. The van der Waals surface area contributed by atoms with E-state index < -0.39 is 48.3 Å². The molecule has 0 saturated carbocycles. The van der Waals surface area contributed by atoms with Crippen molar-refractivity contribution < 1.29 is 66.3 Å². The summed E-state index contributed by atoms with van der Waals surface area (Å²) < 4.78 is 25.9. The van der Waals surface area contributed by atoms with Gasteiger partial charge in [-0.25, -0.2) is 4.79 Å². The molecule has 40 heavy (non-hydrogen) atoms. The number of amides is 4. The third-order valence-electron chi connectivity index (χ3n) is 8.25. The summed E-state index contributed by atoms with van der Waals surface area (Å²) in [5, 5.41) is 15.2. The Hall–Kier alpha value is -2.05. The highest BCUT2D eigenvalue weighted by molar-refractivity contribution is 8.03. The molecule has 4 heterocycles. The maximum Gasteiger partial charge on any atom is 0.353 e. The first-order chi connectivity index (χ1) is 18.2. The predicted octanol–water partition coefficient (Wildman–Crippen LogP) is -4.23. The summed E-state index contributed by atoms with van der Waals surface area (Å²) in [5.41, 5.74) is 5.23. The molecule has 0 aromatic rings. The number of aliphatic carboxylic acids is 1. The number of hydrogen-bond donors (Lipinski definition) is 4. The third kappa shape index (κ3) is 6.23. The number of carboxylic acids is 1. The minimum absolute atomic E-state index is 0. The van der Waals surface area contributed by atoms with Crippen LogP contribution in [0, 0.1) is 11.8 Å². The number of thioether (sulfide) groups is 1. The normalized spacial score (nSPS) is 29.9. The summed E-state index contributed by atoms with van der Waals surface area (Å²) in [5.74, 6) is -4.87. The number of quaternary nitrogens is 1. The van der Waals surface area contributed by atoms with Crippen LogP contribution in [0.3, 0.4) is 0 Å². The molecule has 0 aliphatic carbocycles. The van der Waals surface area contributed by atoms with Gasteiger partial charge in [-0.2, -0.15) is 8.78 Å². The van der Waals surface area contributed by atoms with E-state index in [9.17, 15) is 37.9 Å². The lowest BCUT2D eigenvalue weighted by Crippen LogP contribution is -3.00. The van der Waals surface area contributed by atoms with Crippen LogP contribution in [0.5, 0.6) is 0 Å². The fraction of sp³-hybridized carbons (Fsp3) is 0.708. The van der Waals surface area contributed by atoms with Crippen LogP contribution in [-0.2, 0) is 24.0 Å². The molecular weight excluding hydrogens is 665 g/mol. The van der Waals surface area contributed by atoms with Crippen molar-refractivity contribution in [3.8, 4) is 0 Å². The lowest BCUT2D eigenvalue weighted by molar-refractivity contribution is -0.905. The lowest BCUT2D eigenvalue weighted by atomic mass is 9.78. The van der Waals surface area contributed by atoms with E-state index in [1.807, 2.05) is 7.05 Å². The first kappa shape index (κ1) is 32.5. The Bertz CT molecular complexity index is 1100. The van der Waals surface area contributed by atoms with Gasteiger partial charge in [0.15, 0.2) is 6.54 Å². The SMILES string of the molecule is C[C@@H](NC(=O)C(F)F)[C@H]1C(=O)N2C(C(=O)O)=C(S[C@@H]3CN[C@H](C(=O)N4CC[N+](C)(CC(N)=O)CC4)C3)[C@H](C)[C@H]12.[I-]. The van der Waals surface area contributed by atoms with Crippen LogP contribution in [0.4, 0.5) is 8.78 Å². The number of nitrogens with one attached hydrogen (secondary N) is 2. The zero-order chi connectivity index (χ0) is 28.8. The molecule has 0 aromatic heterocycles. The van der Waals surface area contributed by atoms with Gasteiger partial charge >= 0.3 is 12.4 Å². The molecule has 16 heteroatoms. The third-order valence-corrected chi connectivity index (χ3v) is 9.76. The molecule has 4 amide bonds. The number of rotatable bonds is 9. The van der Waals surface area contributed by atoms with Gasteiger partial charge in [0.25, 0.3) is 11.8 Å². The standard InChI is InChI=1S/C24H34F2N6O6S.HI/c1-11-17-16(12(2)29-21(34)20(25)26)23(36)31(17)18(24(37)38)19(11)39-13-8-14(28-9-13)22(35)30-4-6-32(3,7-5-30)10-15(27)33;/h11-14,16-17,20,28H,4-10H2,1-3H3,(H3-,27,29,33,34,37,38);1H/t11-,12-,13+,14+,16-,17-;/m1./s1. The number of nitrogens with zero attached hydrogens (tertiary/aromatic N) is 3. The Balaban J connectivity index is 0.00000441. The monoisotopic (exact) mass is 700 g/mol. The van der Waals surface area contributed by atoms with Gasteiger partial charge in [-0.15, -0.1) is 11.8 Å². The molecule has 3 saturated heterocycles. The van der Waals surface area contributed by atoms with Crippen molar-refractivity contribution >= 4 is 41.4 Å².